The van der Waals surface area contributed by atoms with Crippen LogP contribution in [0.15, 0.2) is 36.4 Å². The van der Waals surface area contributed by atoms with E-state index >= 15 is 0 Å². The van der Waals surface area contributed by atoms with Crippen LogP contribution in [-0.4, -0.2) is 5.91 Å². The van der Waals surface area contributed by atoms with Crippen molar-refractivity contribution in [3.8, 4) is 0 Å². The van der Waals surface area contributed by atoms with Crippen molar-refractivity contribution in [2.45, 2.75) is 13.0 Å². The molecule has 2 rings (SSSR count). The average molecular weight is 330 g/mol. The summed E-state index contributed by atoms with van der Waals surface area (Å²) < 4.78 is 27.1. The molecule has 0 aliphatic heterocycles. The standard InChI is InChI=1S/C15H11Cl2F2NO/c1-8(9-5-6-10(16)11(17)7-9)20-15(21)14-12(18)3-2-4-13(14)19/h2-8H,1H3,(H,20,21). The molecule has 2 aromatic carbocycles. The van der Waals surface area contributed by atoms with E-state index in [1.165, 1.54) is 6.07 Å². The summed E-state index contributed by atoms with van der Waals surface area (Å²) in [6, 6.07) is 7.63. The second-order valence-corrected chi connectivity index (χ2v) is 5.28. The zero-order valence-corrected chi connectivity index (χ0v) is 12.5. The molecule has 0 spiro atoms. The molecule has 1 N–H and O–H groups in total. The Bertz CT molecular complexity index is 671. The lowest BCUT2D eigenvalue weighted by molar-refractivity contribution is 0.0931. The van der Waals surface area contributed by atoms with Gasteiger partial charge in [0.15, 0.2) is 0 Å². The van der Waals surface area contributed by atoms with Gasteiger partial charge in [0.25, 0.3) is 5.91 Å². The summed E-state index contributed by atoms with van der Waals surface area (Å²) in [5.74, 6) is -2.65. The number of amides is 1. The van der Waals surface area contributed by atoms with Gasteiger partial charge >= 0.3 is 0 Å². The highest BCUT2D eigenvalue weighted by atomic mass is 35.5. The van der Waals surface area contributed by atoms with Crippen molar-refractivity contribution in [2.24, 2.45) is 0 Å². The number of hydrogen-bond acceptors (Lipinski definition) is 1. The maximum atomic E-state index is 13.5. The van der Waals surface area contributed by atoms with Gasteiger partial charge in [-0.3, -0.25) is 4.79 Å². The lowest BCUT2D eigenvalue weighted by atomic mass is 10.1. The third kappa shape index (κ3) is 3.52. The molecule has 0 bridgehead atoms. The minimum absolute atomic E-state index is 0.340. The first-order chi connectivity index (χ1) is 9.90. The van der Waals surface area contributed by atoms with Crippen LogP contribution in [0.5, 0.6) is 0 Å². The van der Waals surface area contributed by atoms with Gasteiger partial charge in [-0.15, -0.1) is 0 Å². The van der Waals surface area contributed by atoms with Gasteiger partial charge in [0, 0.05) is 0 Å². The molecule has 0 aliphatic carbocycles. The smallest absolute Gasteiger partial charge is 0.257 e. The maximum Gasteiger partial charge on any atom is 0.257 e. The highest BCUT2D eigenvalue weighted by Gasteiger charge is 2.19. The number of rotatable bonds is 3. The number of carbonyl (C=O) groups is 1. The van der Waals surface area contributed by atoms with Crippen molar-refractivity contribution in [3.05, 3.63) is 69.2 Å². The second kappa shape index (κ2) is 6.41. The van der Waals surface area contributed by atoms with Crippen LogP contribution in [0.1, 0.15) is 28.9 Å². The summed E-state index contributed by atoms with van der Waals surface area (Å²) in [6.45, 7) is 1.68. The largest absolute Gasteiger partial charge is 0.345 e. The summed E-state index contributed by atoms with van der Waals surface area (Å²) >= 11 is 11.7. The van der Waals surface area contributed by atoms with Gasteiger partial charge < -0.3 is 5.32 Å². The van der Waals surface area contributed by atoms with Gasteiger partial charge in [0.05, 0.1) is 16.1 Å². The van der Waals surface area contributed by atoms with Crippen molar-refractivity contribution in [1.82, 2.24) is 5.32 Å². The molecule has 0 aliphatic rings. The highest BCUT2D eigenvalue weighted by Crippen LogP contribution is 2.25. The van der Waals surface area contributed by atoms with Crippen molar-refractivity contribution in [2.75, 3.05) is 0 Å². The topological polar surface area (TPSA) is 29.1 Å². The Morgan fingerprint density at radius 3 is 2.29 bits per heavy atom. The fourth-order valence-electron chi connectivity index (χ4n) is 1.85. The molecule has 21 heavy (non-hydrogen) atoms. The Labute approximate surface area is 130 Å². The molecule has 2 nitrogen and oxygen atoms in total. The molecule has 1 amide bonds. The van der Waals surface area contributed by atoms with Crippen LogP contribution in [0, 0.1) is 11.6 Å². The lowest BCUT2D eigenvalue weighted by Gasteiger charge is -2.15. The molecule has 1 atom stereocenters. The Balaban J connectivity index is 2.21. The fourth-order valence-corrected chi connectivity index (χ4v) is 2.16. The normalized spacial score (nSPS) is 12.0. The van der Waals surface area contributed by atoms with Gasteiger partial charge in [-0.2, -0.15) is 0 Å². The van der Waals surface area contributed by atoms with E-state index in [1.54, 1.807) is 25.1 Å². The first-order valence-corrected chi connectivity index (χ1v) is 6.85. The summed E-state index contributed by atoms with van der Waals surface area (Å²) in [6.07, 6.45) is 0. The lowest BCUT2D eigenvalue weighted by Crippen LogP contribution is -2.28. The van der Waals surface area contributed by atoms with Gasteiger partial charge in [-0.1, -0.05) is 35.3 Å². The third-order valence-electron chi connectivity index (χ3n) is 2.98. The highest BCUT2D eigenvalue weighted by molar-refractivity contribution is 6.42. The Morgan fingerprint density at radius 2 is 1.71 bits per heavy atom. The van der Waals surface area contributed by atoms with Crippen LogP contribution in [-0.2, 0) is 0 Å². The molecule has 0 aromatic heterocycles. The number of nitrogens with one attached hydrogen (secondary N) is 1. The molecule has 0 saturated heterocycles. The fraction of sp³-hybridized carbons (Fsp3) is 0.133. The Kier molecular flexibility index (Phi) is 4.80. The van der Waals surface area contributed by atoms with E-state index in [9.17, 15) is 13.6 Å². The SMILES string of the molecule is CC(NC(=O)c1c(F)cccc1F)c1ccc(Cl)c(Cl)c1. The number of benzene rings is 2. The van der Waals surface area contributed by atoms with E-state index in [-0.39, 0.29) is 0 Å². The summed E-state index contributed by atoms with van der Waals surface area (Å²) in [4.78, 5) is 12.0. The van der Waals surface area contributed by atoms with E-state index in [2.05, 4.69) is 5.32 Å². The summed E-state index contributed by atoms with van der Waals surface area (Å²) in [7, 11) is 0. The maximum absolute atomic E-state index is 13.5. The van der Waals surface area contributed by atoms with Crippen LogP contribution in [0.25, 0.3) is 0 Å². The molecule has 2 aromatic rings. The van der Waals surface area contributed by atoms with Crippen LogP contribution in [0.4, 0.5) is 8.78 Å². The zero-order chi connectivity index (χ0) is 15.6. The molecule has 0 radical (unpaired) electrons. The summed E-state index contributed by atoms with van der Waals surface area (Å²) in [5.41, 5.74) is 0.0684. The van der Waals surface area contributed by atoms with E-state index in [0.29, 0.717) is 15.6 Å². The zero-order valence-electron chi connectivity index (χ0n) is 11.0. The predicted molar refractivity (Wildman–Crippen MR) is 78.7 cm³/mol. The van der Waals surface area contributed by atoms with Gasteiger partial charge in [0.1, 0.15) is 17.2 Å². The average Bonchev–Trinajstić information content (AvgIpc) is 2.41. The van der Waals surface area contributed by atoms with Crippen LogP contribution in [0.2, 0.25) is 10.0 Å². The Morgan fingerprint density at radius 1 is 1.10 bits per heavy atom. The van der Waals surface area contributed by atoms with E-state index < -0.39 is 29.1 Å². The van der Waals surface area contributed by atoms with E-state index in [1.807, 2.05) is 0 Å². The molecule has 0 fully saturated rings. The van der Waals surface area contributed by atoms with Crippen molar-refractivity contribution < 1.29 is 13.6 Å². The first kappa shape index (κ1) is 15.7. The third-order valence-corrected chi connectivity index (χ3v) is 3.72. The number of hydrogen-bond donors (Lipinski definition) is 1. The molecule has 6 heteroatoms. The quantitative estimate of drug-likeness (QED) is 0.863. The second-order valence-electron chi connectivity index (χ2n) is 4.47. The van der Waals surface area contributed by atoms with Crippen molar-refractivity contribution >= 4 is 29.1 Å². The van der Waals surface area contributed by atoms with Gasteiger partial charge in [0.2, 0.25) is 0 Å². The van der Waals surface area contributed by atoms with Crippen molar-refractivity contribution in [3.63, 3.8) is 0 Å². The predicted octanol–water partition coefficient (Wildman–Crippen LogP) is 4.76. The number of halogens is 4. The molecule has 110 valence electrons. The monoisotopic (exact) mass is 329 g/mol. The summed E-state index contributed by atoms with van der Waals surface area (Å²) in [5, 5.41) is 3.25. The molecular weight excluding hydrogens is 319 g/mol. The van der Waals surface area contributed by atoms with Gasteiger partial charge in [-0.25, -0.2) is 8.78 Å². The van der Waals surface area contributed by atoms with E-state index in [4.69, 9.17) is 23.2 Å². The molecular formula is C15H11Cl2F2NO. The molecule has 1 unspecified atom stereocenters. The molecule has 0 saturated carbocycles. The van der Waals surface area contributed by atoms with E-state index in [0.717, 1.165) is 12.1 Å². The van der Waals surface area contributed by atoms with Crippen LogP contribution >= 0.6 is 23.2 Å². The minimum atomic E-state index is -0.908. The number of carbonyl (C=O) groups excluding carboxylic acids is 1. The van der Waals surface area contributed by atoms with Gasteiger partial charge in [-0.05, 0) is 36.8 Å². The first-order valence-electron chi connectivity index (χ1n) is 6.10. The Hall–Kier alpha value is -1.65. The van der Waals surface area contributed by atoms with Crippen molar-refractivity contribution in [1.29, 1.82) is 0 Å². The minimum Gasteiger partial charge on any atom is -0.345 e. The molecule has 0 heterocycles. The van der Waals surface area contributed by atoms with Crippen LogP contribution < -0.4 is 5.32 Å². The van der Waals surface area contributed by atoms with Crippen LogP contribution in [0.3, 0.4) is 0 Å².